The Labute approximate surface area is 169 Å². The lowest BCUT2D eigenvalue weighted by molar-refractivity contribution is -0.125. The molecule has 1 N–H and O–H groups in total. The average Bonchev–Trinajstić information content (AvgIpc) is 2.84. The van der Waals surface area contributed by atoms with Gasteiger partial charge in [-0.15, -0.1) is 0 Å². The van der Waals surface area contributed by atoms with Crippen LogP contribution >= 0.6 is 0 Å². The Hall–Kier alpha value is -3.35. The lowest BCUT2D eigenvalue weighted by atomic mass is 10.0. The van der Waals surface area contributed by atoms with Gasteiger partial charge < -0.3 is 19.9 Å². The molecule has 29 heavy (non-hydrogen) atoms. The number of piperidine rings is 1. The molecule has 0 aliphatic carbocycles. The molecule has 1 saturated heterocycles. The van der Waals surface area contributed by atoms with Crippen molar-refractivity contribution in [1.29, 1.82) is 0 Å². The Morgan fingerprint density at radius 1 is 1.10 bits per heavy atom. The number of amides is 3. The third kappa shape index (κ3) is 3.68. The minimum Gasteiger partial charge on any atom is -0.497 e. The van der Waals surface area contributed by atoms with E-state index < -0.39 is 6.04 Å². The number of hydrogen-bond acceptors (Lipinski definition) is 4. The summed E-state index contributed by atoms with van der Waals surface area (Å²) in [4.78, 5) is 42.1. The zero-order chi connectivity index (χ0) is 20.4. The van der Waals surface area contributed by atoms with E-state index in [2.05, 4.69) is 5.32 Å². The van der Waals surface area contributed by atoms with Gasteiger partial charge in [0.2, 0.25) is 11.8 Å². The van der Waals surface area contributed by atoms with Gasteiger partial charge >= 0.3 is 0 Å². The lowest BCUT2D eigenvalue weighted by Crippen LogP contribution is -2.52. The molecule has 0 unspecified atom stereocenters. The van der Waals surface area contributed by atoms with Crippen LogP contribution < -0.4 is 15.0 Å². The fourth-order valence-corrected chi connectivity index (χ4v) is 3.96. The monoisotopic (exact) mass is 393 g/mol. The molecule has 0 spiro atoms. The summed E-state index contributed by atoms with van der Waals surface area (Å²) in [6.07, 6.45) is 2.40. The van der Waals surface area contributed by atoms with Crippen molar-refractivity contribution in [3.63, 3.8) is 0 Å². The summed E-state index contributed by atoms with van der Waals surface area (Å²) in [6, 6.07) is 13.5. The second kappa shape index (κ2) is 7.95. The first-order valence-electron chi connectivity index (χ1n) is 9.74. The van der Waals surface area contributed by atoms with Gasteiger partial charge in [-0.1, -0.05) is 12.1 Å². The van der Waals surface area contributed by atoms with E-state index in [0.717, 1.165) is 12.8 Å². The second-order valence-corrected chi connectivity index (χ2v) is 7.23. The van der Waals surface area contributed by atoms with Gasteiger partial charge in [0.25, 0.3) is 5.91 Å². The van der Waals surface area contributed by atoms with E-state index >= 15 is 0 Å². The van der Waals surface area contributed by atoms with Gasteiger partial charge in [0.1, 0.15) is 18.3 Å². The molecule has 7 heteroatoms. The standard InChI is InChI=1S/C22H23N3O4/c1-29-16-11-9-15(10-12-16)23-20(26)14-25-18-7-3-2-6-17(18)21(27)24-13-5-4-8-19(24)22(25)28/h2-3,6-7,9-12,19H,4-5,8,13-14H2,1H3,(H,23,26)/t19-/m1/s1. The van der Waals surface area contributed by atoms with Gasteiger partial charge in [-0.3, -0.25) is 14.4 Å². The summed E-state index contributed by atoms with van der Waals surface area (Å²) in [7, 11) is 1.58. The minimum atomic E-state index is -0.516. The molecule has 1 atom stereocenters. The number of nitrogens with one attached hydrogen (secondary N) is 1. The number of carbonyl (C=O) groups is 3. The van der Waals surface area contributed by atoms with Crippen LogP contribution in [0.25, 0.3) is 0 Å². The zero-order valence-electron chi connectivity index (χ0n) is 16.3. The van der Waals surface area contributed by atoms with Gasteiger partial charge in [0.15, 0.2) is 0 Å². The summed E-state index contributed by atoms with van der Waals surface area (Å²) < 4.78 is 5.12. The third-order valence-electron chi connectivity index (χ3n) is 5.42. The van der Waals surface area contributed by atoms with Gasteiger partial charge in [-0.05, 0) is 55.7 Å². The molecular weight excluding hydrogens is 370 g/mol. The van der Waals surface area contributed by atoms with Gasteiger partial charge in [0, 0.05) is 12.2 Å². The van der Waals surface area contributed by atoms with E-state index in [4.69, 9.17) is 4.74 Å². The predicted molar refractivity (Wildman–Crippen MR) is 109 cm³/mol. The fourth-order valence-electron chi connectivity index (χ4n) is 3.96. The van der Waals surface area contributed by atoms with E-state index in [0.29, 0.717) is 35.7 Å². The summed E-state index contributed by atoms with van der Waals surface area (Å²) in [5.74, 6) is 0.0233. The van der Waals surface area contributed by atoms with E-state index in [-0.39, 0.29) is 24.3 Å². The SMILES string of the molecule is COc1ccc(NC(=O)CN2C(=O)[C@H]3CCCCN3C(=O)c3ccccc32)cc1. The minimum absolute atomic E-state index is 0.142. The molecular formula is C22H23N3O4. The Morgan fingerprint density at radius 2 is 1.86 bits per heavy atom. The number of fused-ring (bicyclic) bond motifs is 2. The van der Waals surface area contributed by atoms with Crippen molar-refractivity contribution < 1.29 is 19.1 Å². The number of methoxy groups -OCH3 is 1. The smallest absolute Gasteiger partial charge is 0.256 e. The summed E-state index contributed by atoms with van der Waals surface area (Å²) in [5.41, 5.74) is 1.56. The molecule has 2 heterocycles. The normalized spacial score (nSPS) is 18.6. The molecule has 2 aliphatic rings. The molecule has 4 rings (SSSR count). The van der Waals surface area contributed by atoms with Gasteiger partial charge in [-0.25, -0.2) is 0 Å². The van der Waals surface area contributed by atoms with Crippen LogP contribution in [0, 0.1) is 0 Å². The quantitative estimate of drug-likeness (QED) is 0.866. The predicted octanol–water partition coefficient (Wildman–Crippen LogP) is 2.68. The highest BCUT2D eigenvalue weighted by Gasteiger charge is 2.40. The van der Waals surface area contributed by atoms with Gasteiger partial charge in [-0.2, -0.15) is 0 Å². The van der Waals surface area contributed by atoms with Crippen LogP contribution in [0.1, 0.15) is 29.6 Å². The molecule has 150 valence electrons. The molecule has 0 saturated carbocycles. The number of anilines is 2. The van der Waals surface area contributed by atoms with E-state index in [1.54, 1.807) is 60.5 Å². The molecule has 2 aliphatic heterocycles. The van der Waals surface area contributed by atoms with Crippen LogP contribution in [0.4, 0.5) is 11.4 Å². The molecule has 2 aromatic rings. The zero-order valence-corrected chi connectivity index (χ0v) is 16.3. The van der Waals surface area contributed by atoms with Crippen molar-refractivity contribution in [2.24, 2.45) is 0 Å². The Morgan fingerprint density at radius 3 is 2.62 bits per heavy atom. The largest absolute Gasteiger partial charge is 0.497 e. The van der Waals surface area contributed by atoms with Crippen molar-refractivity contribution in [2.75, 3.05) is 30.4 Å². The number of nitrogens with zero attached hydrogens (tertiary/aromatic N) is 2. The first kappa shape index (κ1) is 19.0. The number of benzene rings is 2. The van der Waals surface area contributed by atoms with Crippen LogP contribution in [0.3, 0.4) is 0 Å². The van der Waals surface area contributed by atoms with Gasteiger partial charge in [0.05, 0.1) is 18.4 Å². The van der Waals surface area contributed by atoms with E-state index in [1.165, 1.54) is 4.90 Å². The number of carbonyl (C=O) groups excluding carboxylic acids is 3. The van der Waals surface area contributed by atoms with Crippen molar-refractivity contribution >= 4 is 29.1 Å². The number of rotatable bonds is 4. The van der Waals surface area contributed by atoms with Crippen molar-refractivity contribution in [1.82, 2.24) is 4.90 Å². The highest BCUT2D eigenvalue weighted by Crippen LogP contribution is 2.31. The molecule has 0 bridgehead atoms. The highest BCUT2D eigenvalue weighted by atomic mass is 16.5. The highest BCUT2D eigenvalue weighted by molar-refractivity contribution is 6.13. The molecule has 2 aromatic carbocycles. The fraction of sp³-hybridized carbons (Fsp3) is 0.318. The topological polar surface area (TPSA) is 79.0 Å². The maximum atomic E-state index is 13.3. The third-order valence-corrected chi connectivity index (χ3v) is 5.42. The lowest BCUT2D eigenvalue weighted by Gasteiger charge is -2.34. The molecule has 1 fully saturated rings. The van der Waals surface area contributed by atoms with Crippen molar-refractivity contribution in [2.45, 2.75) is 25.3 Å². The van der Waals surface area contributed by atoms with Crippen molar-refractivity contribution in [3.8, 4) is 5.75 Å². The summed E-state index contributed by atoms with van der Waals surface area (Å²) in [5, 5.41) is 2.81. The first-order chi connectivity index (χ1) is 14.1. The maximum absolute atomic E-state index is 13.3. The van der Waals surface area contributed by atoms with E-state index in [1.807, 2.05) is 0 Å². The molecule has 0 radical (unpaired) electrons. The maximum Gasteiger partial charge on any atom is 0.256 e. The number of hydrogen-bond donors (Lipinski definition) is 1. The summed E-state index contributed by atoms with van der Waals surface area (Å²) in [6.45, 7) is 0.412. The number of para-hydroxylation sites is 1. The molecule has 0 aromatic heterocycles. The van der Waals surface area contributed by atoms with Crippen LogP contribution in [-0.4, -0.2) is 48.9 Å². The Kier molecular flexibility index (Phi) is 5.20. The van der Waals surface area contributed by atoms with Crippen molar-refractivity contribution in [3.05, 3.63) is 54.1 Å². The summed E-state index contributed by atoms with van der Waals surface area (Å²) >= 11 is 0. The first-order valence-corrected chi connectivity index (χ1v) is 9.74. The number of ether oxygens (including phenoxy) is 1. The van der Waals surface area contributed by atoms with Crippen LogP contribution in [0.2, 0.25) is 0 Å². The Balaban J connectivity index is 1.60. The Bertz CT molecular complexity index is 941. The van der Waals surface area contributed by atoms with Crippen LogP contribution in [-0.2, 0) is 9.59 Å². The van der Waals surface area contributed by atoms with E-state index in [9.17, 15) is 14.4 Å². The second-order valence-electron chi connectivity index (χ2n) is 7.23. The van der Waals surface area contributed by atoms with Crippen LogP contribution in [0.15, 0.2) is 48.5 Å². The average molecular weight is 393 g/mol. The van der Waals surface area contributed by atoms with Crippen LogP contribution in [0.5, 0.6) is 5.75 Å². The molecule has 7 nitrogen and oxygen atoms in total. The molecule has 3 amide bonds.